The van der Waals surface area contributed by atoms with Crippen molar-refractivity contribution in [3.63, 3.8) is 0 Å². The zero-order valence-corrected chi connectivity index (χ0v) is 14.2. The first-order chi connectivity index (χ1) is 12.0. The quantitative estimate of drug-likeness (QED) is 0.764. The van der Waals surface area contributed by atoms with Crippen molar-refractivity contribution in [2.24, 2.45) is 0 Å². The molecule has 0 amide bonds. The fourth-order valence-electron chi connectivity index (χ4n) is 3.14. The first-order valence-corrected chi connectivity index (χ1v) is 8.34. The summed E-state index contributed by atoms with van der Waals surface area (Å²) < 4.78 is 3.23. The number of hydrogen-bond acceptors (Lipinski definition) is 6. The molecule has 4 heterocycles. The fourth-order valence-corrected chi connectivity index (χ4v) is 3.14. The van der Waals surface area contributed by atoms with Gasteiger partial charge in [-0.15, -0.1) is 5.10 Å². The number of nitrogens with zero attached hydrogens (tertiary/aromatic N) is 6. The van der Waals surface area contributed by atoms with E-state index in [-0.39, 0.29) is 11.6 Å². The highest BCUT2D eigenvalue weighted by molar-refractivity contribution is 5.49. The predicted molar refractivity (Wildman–Crippen MR) is 92.6 cm³/mol. The van der Waals surface area contributed by atoms with Gasteiger partial charge in [0.1, 0.15) is 22.8 Å². The molecule has 1 atom stereocenters. The van der Waals surface area contributed by atoms with Gasteiger partial charge in [0.25, 0.3) is 5.56 Å². The maximum Gasteiger partial charge on any atom is 0.259 e. The van der Waals surface area contributed by atoms with E-state index in [2.05, 4.69) is 15.3 Å². The molecule has 1 N–H and O–H groups in total. The van der Waals surface area contributed by atoms with E-state index in [0.717, 1.165) is 0 Å². The molecule has 0 aliphatic carbocycles. The van der Waals surface area contributed by atoms with Crippen LogP contribution in [0.4, 0.5) is 5.82 Å². The molecule has 1 aliphatic rings. The van der Waals surface area contributed by atoms with Crippen LogP contribution >= 0.6 is 0 Å². The van der Waals surface area contributed by atoms with Crippen LogP contribution in [0.25, 0.3) is 5.65 Å². The van der Waals surface area contributed by atoms with Crippen LogP contribution in [0.1, 0.15) is 32.0 Å². The second kappa shape index (κ2) is 5.66. The smallest absolute Gasteiger partial charge is 0.259 e. The highest BCUT2D eigenvalue weighted by atomic mass is 16.3. The highest BCUT2D eigenvalue weighted by Gasteiger charge is 2.41. The van der Waals surface area contributed by atoms with Crippen molar-refractivity contribution < 1.29 is 5.11 Å². The molecule has 0 saturated carbocycles. The molecule has 8 nitrogen and oxygen atoms in total. The standard InChI is InChI=1S/C17H20N6O2/c1-12(2)23-10-13(19-20-23)17(25)6-8-21(11-17)15-9-16(24)22-7-4-3-5-14(22)18-15/h3-5,7,9-10,12,25H,6,8,11H2,1-2H3. The van der Waals surface area contributed by atoms with E-state index in [4.69, 9.17) is 0 Å². The third kappa shape index (κ3) is 2.68. The van der Waals surface area contributed by atoms with E-state index in [1.807, 2.05) is 24.8 Å². The van der Waals surface area contributed by atoms with Gasteiger partial charge in [0.15, 0.2) is 0 Å². The van der Waals surface area contributed by atoms with Gasteiger partial charge in [0, 0.05) is 31.3 Å². The molecule has 1 aliphatic heterocycles. The van der Waals surface area contributed by atoms with E-state index in [9.17, 15) is 9.90 Å². The molecule has 0 bridgehead atoms. The number of hydrogen-bond donors (Lipinski definition) is 1. The van der Waals surface area contributed by atoms with E-state index in [0.29, 0.717) is 36.7 Å². The molecule has 25 heavy (non-hydrogen) atoms. The van der Waals surface area contributed by atoms with Gasteiger partial charge < -0.3 is 10.0 Å². The minimum absolute atomic E-state index is 0.137. The van der Waals surface area contributed by atoms with Crippen LogP contribution < -0.4 is 10.5 Å². The summed E-state index contributed by atoms with van der Waals surface area (Å²) in [5, 5.41) is 19.2. The molecule has 0 aromatic carbocycles. The lowest BCUT2D eigenvalue weighted by atomic mass is 10.00. The molecule has 3 aromatic heterocycles. The number of fused-ring (bicyclic) bond motifs is 1. The van der Waals surface area contributed by atoms with Crippen molar-refractivity contribution in [3.05, 3.63) is 52.7 Å². The lowest BCUT2D eigenvalue weighted by Crippen LogP contribution is -2.32. The maximum absolute atomic E-state index is 12.3. The zero-order valence-electron chi connectivity index (χ0n) is 14.2. The monoisotopic (exact) mass is 340 g/mol. The van der Waals surface area contributed by atoms with Gasteiger partial charge in [-0.25, -0.2) is 9.67 Å². The molecule has 4 rings (SSSR count). The Hall–Kier alpha value is -2.74. The Balaban J connectivity index is 1.64. The van der Waals surface area contributed by atoms with Crippen LogP contribution in [0, 0.1) is 0 Å². The van der Waals surface area contributed by atoms with Gasteiger partial charge in [0.05, 0.1) is 12.7 Å². The Bertz CT molecular complexity index is 978. The maximum atomic E-state index is 12.3. The van der Waals surface area contributed by atoms with Gasteiger partial charge in [-0.2, -0.15) is 0 Å². The van der Waals surface area contributed by atoms with Gasteiger partial charge in [0.2, 0.25) is 0 Å². The molecular formula is C17H20N6O2. The lowest BCUT2D eigenvalue weighted by molar-refractivity contribution is 0.0559. The molecule has 8 heteroatoms. The highest BCUT2D eigenvalue weighted by Crippen LogP contribution is 2.32. The summed E-state index contributed by atoms with van der Waals surface area (Å²) in [4.78, 5) is 18.7. The average molecular weight is 340 g/mol. The first kappa shape index (κ1) is 15.8. The lowest BCUT2D eigenvalue weighted by Gasteiger charge is -2.21. The topological polar surface area (TPSA) is 88.5 Å². The average Bonchev–Trinajstić information content (AvgIpc) is 3.23. The van der Waals surface area contributed by atoms with Crippen LogP contribution in [0.5, 0.6) is 0 Å². The van der Waals surface area contributed by atoms with Gasteiger partial charge in [-0.1, -0.05) is 11.3 Å². The van der Waals surface area contributed by atoms with E-state index >= 15 is 0 Å². The predicted octanol–water partition coefficient (Wildman–Crippen LogP) is 0.965. The minimum Gasteiger partial charge on any atom is -0.381 e. The van der Waals surface area contributed by atoms with Crippen molar-refractivity contribution in [1.82, 2.24) is 24.4 Å². The SMILES string of the molecule is CC(C)n1cc(C2(O)CCN(c3cc(=O)n4ccccc4n3)C2)nn1. The van der Waals surface area contributed by atoms with Crippen molar-refractivity contribution in [1.29, 1.82) is 0 Å². The van der Waals surface area contributed by atoms with Gasteiger partial charge in [-0.3, -0.25) is 9.20 Å². The van der Waals surface area contributed by atoms with E-state index in [1.54, 1.807) is 29.2 Å². The number of aliphatic hydroxyl groups is 1. The van der Waals surface area contributed by atoms with Crippen LogP contribution in [0.3, 0.4) is 0 Å². The number of pyridine rings is 1. The fraction of sp³-hybridized carbons (Fsp3) is 0.412. The number of β-amino-alcohol motifs (C(OH)–C–C–N with tert-alkyl or cyclic N) is 1. The summed E-state index contributed by atoms with van der Waals surface area (Å²) >= 11 is 0. The second-order valence-electron chi connectivity index (χ2n) is 6.76. The Morgan fingerprint density at radius 2 is 2.16 bits per heavy atom. The van der Waals surface area contributed by atoms with E-state index in [1.165, 1.54) is 10.5 Å². The second-order valence-corrected chi connectivity index (χ2v) is 6.76. The van der Waals surface area contributed by atoms with Crippen LogP contribution in [-0.2, 0) is 5.60 Å². The molecule has 1 fully saturated rings. The summed E-state index contributed by atoms with van der Waals surface area (Å²) in [6, 6.07) is 7.12. The Morgan fingerprint density at radius 3 is 2.92 bits per heavy atom. The van der Waals surface area contributed by atoms with Crippen LogP contribution in [-0.4, -0.2) is 42.6 Å². The summed E-state index contributed by atoms with van der Waals surface area (Å²) in [6.07, 6.45) is 4.00. The zero-order chi connectivity index (χ0) is 17.6. The number of aromatic nitrogens is 5. The Kier molecular flexibility index (Phi) is 3.57. The van der Waals surface area contributed by atoms with Gasteiger partial charge >= 0.3 is 0 Å². The number of rotatable bonds is 3. The Labute approximate surface area is 144 Å². The first-order valence-electron chi connectivity index (χ1n) is 8.34. The van der Waals surface area contributed by atoms with Crippen LogP contribution in [0.2, 0.25) is 0 Å². The third-order valence-electron chi connectivity index (χ3n) is 4.65. The summed E-state index contributed by atoms with van der Waals surface area (Å²) in [5.74, 6) is 0.573. The molecule has 130 valence electrons. The Morgan fingerprint density at radius 1 is 1.32 bits per heavy atom. The summed E-state index contributed by atoms with van der Waals surface area (Å²) in [7, 11) is 0. The van der Waals surface area contributed by atoms with Crippen LogP contribution in [0.15, 0.2) is 41.5 Å². The third-order valence-corrected chi connectivity index (χ3v) is 4.65. The molecule has 3 aromatic rings. The summed E-state index contributed by atoms with van der Waals surface area (Å²) in [5.41, 5.74) is -0.0781. The summed E-state index contributed by atoms with van der Waals surface area (Å²) in [6.45, 7) is 4.95. The van der Waals surface area contributed by atoms with Crippen molar-refractivity contribution >= 4 is 11.5 Å². The molecule has 0 radical (unpaired) electrons. The van der Waals surface area contributed by atoms with Gasteiger partial charge in [-0.05, 0) is 26.0 Å². The van der Waals surface area contributed by atoms with E-state index < -0.39 is 5.60 Å². The van der Waals surface area contributed by atoms with Crippen molar-refractivity contribution in [3.8, 4) is 0 Å². The minimum atomic E-state index is -1.09. The molecule has 1 saturated heterocycles. The largest absolute Gasteiger partial charge is 0.381 e. The number of anilines is 1. The van der Waals surface area contributed by atoms with Crippen molar-refractivity contribution in [2.45, 2.75) is 31.9 Å². The molecule has 0 spiro atoms. The normalized spacial score (nSPS) is 20.7. The molecule has 1 unspecified atom stereocenters. The van der Waals surface area contributed by atoms with Crippen molar-refractivity contribution in [2.75, 3.05) is 18.0 Å². The molecular weight excluding hydrogens is 320 g/mol.